The van der Waals surface area contributed by atoms with Crippen molar-refractivity contribution in [1.29, 1.82) is 0 Å². The van der Waals surface area contributed by atoms with Gasteiger partial charge in [-0.15, -0.1) is 0 Å². The van der Waals surface area contributed by atoms with E-state index in [-0.39, 0.29) is 0 Å². The number of hydrogen-bond acceptors (Lipinski definition) is 0. The first kappa shape index (κ1) is 16.6. The quantitative estimate of drug-likeness (QED) is 0.489. The number of benzene rings is 3. The molecule has 4 rings (SSSR count). The summed E-state index contributed by atoms with van der Waals surface area (Å²) in [6, 6.07) is 28.1. The second-order valence-corrected chi connectivity index (χ2v) is 12.6. The fourth-order valence-corrected chi connectivity index (χ4v) is 10.1. The van der Waals surface area contributed by atoms with Crippen LogP contribution >= 0.6 is 0 Å². The van der Waals surface area contributed by atoms with E-state index in [0.29, 0.717) is 0 Å². The first-order valence-corrected chi connectivity index (χ1v) is 11.8. The fraction of sp³-hybridized carbons (Fsp3) is 0.304. The third kappa shape index (κ3) is 2.94. The highest BCUT2D eigenvalue weighted by atomic mass is 28.3. The van der Waals surface area contributed by atoms with E-state index in [0.717, 1.165) is 4.48 Å². The molecule has 0 N–H and O–H groups in total. The molecule has 0 aliphatic carbocycles. The highest BCUT2D eigenvalue weighted by Gasteiger charge is 2.44. The molecule has 0 amide bonds. The molecule has 0 bridgehead atoms. The summed E-state index contributed by atoms with van der Waals surface area (Å²) in [5.41, 5.74) is 1.36. The smallest absolute Gasteiger partial charge is 0.129 e. The zero-order valence-corrected chi connectivity index (χ0v) is 16.6. The summed E-state index contributed by atoms with van der Waals surface area (Å²) < 4.78 is 1.16. The van der Waals surface area contributed by atoms with E-state index in [1.54, 1.807) is 10.4 Å². The van der Waals surface area contributed by atoms with Gasteiger partial charge in [-0.2, -0.15) is 0 Å². The van der Waals surface area contributed by atoms with Gasteiger partial charge in [-0.05, 0) is 22.9 Å². The van der Waals surface area contributed by atoms with Crippen LogP contribution in [0.4, 0.5) is 0 Å². The Bertz CT molecular complexity index is 880. The standard InChI is InChI=1S/C23H28NSi/c1-19-11-13-21(14-12-19)25(17-15-24(2,3)16-18-25)23-10-6-8-20-7-4-5-9-22(20)23/h4-14H,15-18H2,1-3H3/q+1. The molecule has 0 saturated carbocycles. The third-order valence-electron chi connectivity index (χ3n) is 6.20. The number of rotatable bonds is 2. The third-order valence-corrected chi connectivity index (χ3v) is 11.3. The molecule has 1 heterocycles. The molecule has 25 heavy (non-hydrogen) atoms. The molecule has 0 atom stereocenters. The zero-order valence-electron chi connectivity index (χ0n) is 15.6. The Labute approximate surface area is 152 Å². The lowest BCUT2D eigenvalue weighted by atomic mass is 10.1. The topological polar surface area (TPSA) is 0 Å². The number of quaternary nitrogens is 1. The number of fused-ring (bicyclic) bond motifs is 1. The van der Waals surface area contributed by atoms with Gasteiger partial charge in [-0.1, -0.05) is 77.5 Å². The average Bonchev–Trinajstić information content (AvgIpc) is 2.63. The van der Waals surface area contributed by atoms with E-state index in [1.165, 1.54) is 41.5 Å². The summed E-state index contributed by atoms with van der Waals surface area (Å²) >= 11 is 0. The lowest BCUT2D eigenvalue weighted by Crippen LogP contribution is -2.66. The van der Waals surface area contributed by atoms with E-state index >= 15 is 0 Å². The Kier molecular flexibility index (Phi) is 4.05. The van der Waals surface area contributed by atoms with Gasteiger partial charge in [-0.25, -0.2) is 0 Å². The summed E-state index contributed by atoms with van der Waals surface area (Å²) in [6.45, 7) is 4.75. The van der Waals surface area contributed by atoms with Crippen molar-refractivity contribution in [2.45, 2.75) is 19.0 Å². The van der Waals surface area contributed by atoms with Crippen molar-refractivity contribution >= 4 is 29.2 Å². The molecule has 0 spiro atoms. The van der Waals surface area contributed by atoms with E-state index in [4.69, 9.17) is 0 Å². The van der Waals surface area contributed by atoms with Gasteiger partial charge in [0.25, 0.3) is 0 Å². The van der Waals surface area contributed by atoms with E-state index < -0.39 is 8.07 Å². The van der Waals surface area contributed by atoms with Crippen molar-refractivity contribution in [3.63, 3.8) is 0 Å². The SMILES string of the molecule is Cc1ccc([Si]2(c3cccc4ccccc34)CC[N+](C)(C)CC2)cc1. The molecule has 0 aromatic heterocycles. The molecular formula is C23H28NSi+. The van der Waals surface area contributed by atoms with Crippen molar-refractivity contribution < 1.29 is 4.48 Å². The van der Waals surface area contributed by atoms with Crippen LogP contribution in [0.2, 0.25) is 12.1 Å². The van der Waals surface area contributed by atoms with Crippen molar-refractivity contribution in [3.05, 3.63) is 72.3 Å². The Balaban J connectivity index is 1.93. The average molecular weight is 347 g/mol. The lowest BCUT2D eigenvalue weighted by molar-refractivity contribution is -0.888. The number of aryl methyl sites for hydroxylation is 1. The molecule has 3 aromatic rings. The molecular weight excluding hydrogens is 318 g/mol. The zero-order chi connectivity index (χ0) is 17.5. The molecule has 1 aliphatic rings. The van der Waals surface area contributed by atoms with Gasteiger partial charge in [-0.3, -0.25) is 0 Å². The summed E-state index contributed by atoms with van der Waals surface area (Å²) in [4.78, 5) is 0. The van der Waals surface area contributed by atoms with Gasteiger partial charge < -0.3 is 4.48 Å². The van der Waals surface area contributed by atoms with E-state index in [2.05, 4.69) is 87.7 Å². The Morgan fingerprint density at radius 1 is 0.760 bits per heavy atom. The maximum atomic E-state index is 2.43. The largest absolute Gasteiger partial charge is 0.329 e. The molecule has 0 radical (unpaired) electrons. The van der Waals surface area contributed by atoms with Crippen LogP contribution in [0.5, 0.6) is 0 Å². The van der Waals surface area contributed by atoms with Gasteiger partial charge in [0.2, 0.25) is 0 Å². The minimum Gasteiger partial charge on any atom is -0.329 e. The predicted octanol–water partition coefficient (Wildman–Crippen LogP) is 3.80. The van der Waals surface area contributed by atoms with E-state index in [9.17, 15) is 0 Å². The van der Waals surface area contributed by atoms with Crippen LogP contribution in [-0.2, 0) is 0 Å². The van der Waals surface area contributed by atoms with Gasteiger partial charge >= 0.3 is 0 Å². The van der Waals surface area contributed by atoms with Crippen molar-refractivity contribution in [2.75, 3.05) is 27.2 Å². The molecule has 0 unspecified atom stereocenters. The molecule has 3 aromatic carbocycles. The molecule has 2 heteroatoms. The van der Waals surface area contributed by atoms with Gasteiger partial charge in [0, 0.05) is 12.1 Å². The molecule has 1 aliphatic heterocycles. The minimum absolute atomic E-state index is 1.16. The summed E-state index contributed by atoms with van der Waals surface area (Å²) in [5.74, 6) is 0. The second-order valence-electron chi connectivity index (χ2n) is 8.36. The van der Waals surface area contributed by atoms with Crippen LogP contribution in [0.15, 0.2) is 66.7 Å². The van der Waals surface area contributed by atoms with Crippen LogP contribution in [-0.4, -0.2) is 39.7 Å². The van der Waals surface area contributed by atoms with E-state index in [1.807, 2.05) is 0 Å². The van der Waals surface area contributed by atoms with Gasteiger partial charge in [0.05, 0.1) is 27.2 Å². The number of nitrogens with zero attached hydrogens (tertiary/aromatic N) is 1. The lowest BCUT2D eigenvalue weighted by Gasteiger charge is -2.44. The normalized spacial score (nSPS) is 19.0. The fourth-order valence-electron chi connectivity index (χ4n) is 4.45. The minimum atomic E-state index is -1.73. The molecule has 1 fully saturated rings. The van der Waals surface area contributed by atoms with Crippen molar-refractivity contribution in [1.82, 2.24) is 0 Å². The Morgan fingerprint density at radius 3 is 2.12 bits per heavy atom. The first-order chi connectivity index (χ1) is 12.0. The van der Waals surface area contributed by atoms with Crippen molar-refractivity contribution in [2.24, 2.45) is 0 Å². The maximum absolute atomic E-state index is 2.43. The van der Waals surface area contributed by atoms with Crippen LogP contribution in [0.3, 0.4) is 0 Å². The molecule has 128 valence electrons. The van der Waals surface area contributed by atoms with Crippen LogP contribution in [0.1, 0.15) is 5.56 Å². The summed E-state index contributed by atoms with van der Waals surface area (Å²) in [6.07, 6.45) is 0. The highest BCUT2D eigenvalue weighted by molar-refractivity contribution is 7.03. The predicted molar refractivity (Wildman–Crippen MR) is 112 cm³/mol. The molecule has 1 nitrogen and oxygen atoms in total. The maximum Gasteiger partial charge on any atom is 0.129 e. The van der Waals surface area contributed by atoms with Gasteiger partial charge in [0.1, 0.15) is 8.07 Å². The second kappa shape index (κ2) is 6.12. The summed E-state index contributed by atoms with van der Waals surface area (Å²) in [5, 5.41) is 6.13. The Morgan fingerprint density at radius 2 is 1.40 bits per heavy atom. The van der Waals surface area contributed by atoms with Crippen molar-refractivity contribution in [3.8, 4) is 0 Å². The Hall–Kier alpha value is -1.90. The van der Waals surface area contributed by atoms with Gasteiger partial charge in [0.15, 0.2) is 0 Å². The highest BCUT2D eigenvalue weighted by Crippen LogP contribution is 2.28. The number of hydrogen-bond donors (Lipinski definition) is 0. The van der Waals surface area contributed by atoms with Crippen LogP contribution in [0, 0.1) is 6.92 Å². The summed E-state index contributed by atoms with van der Waals surface area (Å²) in [7, 11) is 3.04. The monoisotopic (exact) mass is 346 g/mol. The van der Waals surface area contributed by atoms with Crippen LogP contribution in [0.25, 0.3) is 10.8 Å². The van der Waals surface area contributed by atoms with Crippen LogP contribution < -0.4 is 10.4 Å². The first-order valence-electron chi connectivity index (χ1n) is 9.38. The molecule has 1 saturated heterocycles.